The molecule has 0 aliphatic rings. The Balaban J connectivity index is 3.63. The van der Waals surface area contributed by atoms with E-state index < -0.39 is 0 Å². The van der Waals surface area contributed by atoms with E-state index in [2.05, 4.69) is 51.3 Å². The van der Waals surface area contributed by atoms with Crippen molar-refractivity contribution in [1.29, 1.82) is 0 Å². The molecule has 0 radical (unpaired) electrons. The van der Waals surface area contributed by atoms with Gasteiger partial charge >= 0.3 is 5.97 Å². The highest BCUT2D eigenvalue weighted by molar-refractivity contribution is 14.1. The van der Waals surface area contributed by atoms with Gasteiger partial charge in [-0.2, -0.15) is 0 Å². The first kappa shape index (κ1) is 13.9. The molecule has 0 unspecified atom stereocenters. The number of allylic oxidation sites excluding steroid dienone is 1. The quantitative estimate of drug-likeness (QED) is 0.554. The van der Waals surface area contributed by atoms with Crippen LogP contribution < -0.4 is 0 Å². The van der Waals surface area contributed by atoms with Crippen LogP contribution in [0.15, 0.2) is 10.2 Å². The summed E-state index contributed by atoms with van der Waals surface area (Å²) in [4.78, 5) is 10.9. The molecule has 0 aromatic carbocycles. The summed E-state index contributed by atoms with van der Waals surface area (Å²) in [6.07, 6.45) is 4.75. The zero-order valence-electron chi connectivity index (χ0n) is 9.13. The van der Waals surface area contributed by atoms with Gasteiger partial charge in [0.05, 0.1) is 7.11 Å². The third-order valence-electron chi connectivity index (χ3n) is 2.54. The summed E-state index contributed by atoms with van der Waals surface area (Å²) in [7, 11) is 1.44. The molecule has 0 aliphatic heterocycles. The minimum atomic E-state index is -0.103. The van der Waals surface area contributed by atoms with Crippen LogP contribution in [0.1, 0.15) is 33.1 Å². The molecule has 0 bridgehead atoms. The van der Waals surface area contributed by atoms with Crippen LogP contribution in [0.5, 0.6) is 0 Å². The van der Waals surface area contributed by atoms with Crippen molar-refractivity contribution in [2.24, 2.45) is 11.8 Å². The van der Waals surface area contributed by atoms with Crippen molar-refractivity contribution >= 4 is 28.6 Å². The van der Waals surface area contributed by atoms with Gasteiger partial charge in [-0.1, -0.05) is 42.5 Å². The van der Waals surface area contributed by atoms with Gasteiger partial charge in [-0.25, -0.2) is 0 Å². The maximum Gasteiger partial charge on any atom is 0.305 e. The number of halogens is 1. The fraction of sp³-hybridized carbons (Fsp3) is 0.727. The first-order chi connectivity index (χ1) is 6.61. The lowest BCUT2D eigenvalue weighted by Gasteiger charge is -2.15. The van der Waals surface area contributed by atoms with Gasteiger partial charge in [0.25, 0.3) is 0 Å². The van der Waals surface area contributed by atoms with Crippen LogP contribution in [0.2, 0.25) is 0 Å². The van der Waals surface area contributed by atoms with E-state index >= 15 is 0 Å². The molecule has 0 fully saturated rings. The van der Waals surface area contributed by atoms with Crippen LogP contribution in [0, 0.1) is 11.8 Å². The predicted octanol–water partition coefficient (Wildman–Crippen LogP) is 3.55. The zero-order valence-corrected chi connectivity index (χ0v) is 11.3. The Bertz CT molecular complexity index is 190. The highest BCUT2D eigenvalue weighted by Crippen LogP contribution is 2.19. The van der Waals surface area contributed by atoms with E-state index in [4.69, 9.17) is 0 Å². The van der Waals surface area contributed by atoms with E-state index in [1.807, 2.05) is 0 Å². The van der Waals surface area contributed by atoms with Crippen molar-refractivity contribution in [3.05, 3.63) is 10.2 Å². The van der Waals surface area contributed by atoms with E-state index in [0.29, 0.717) is 18.3 Å². The lowest BCUT2D eigenvalue weighted by Crippen LogP contribution is -2.07. The fourth-order valence-corrected chi connectivity index (χ4v) is 1.89. The van der Waals surface area contributed by atoms with Crippen molar-refractivity contribution in [2.45, 2.75) is 33.1 Å². The van der Waals surface area contributed by atoms with E-state index in [1.165, 1.54) is 7.11 Å². The normalized spacial score (nSPS) is 15.4. The van der Waals surface area contributed by atoms with Crippen LogP contribution in [0.4, 0.5) is 0 Å². The molecular formula is C11H19IO2. The second-order valence-corrected chi connectivity index (χ2v) is 4.34. The van der Waals surface area contributed by atoms with Crippen molar-refractivity contribution in [1.82, 2.24) is 0 Å². The summed E-state index contributed by atoms with van der Waals surface area (Å²) in [6, 6.07) is 0. The molecule has 82 valence electrons. The number of hydrogen-bond acceptors (Lipinski definition) is 2. The number of carbonyl (C=O) groups is 1. The molecule has 0 rings (SSSR count). The molecule has 14 heavy (non-hydrogen) atoms. The van der Waals surface area contributed by atoms with Crippen molar-refractivity contribution in [3.63, 3.8) is 0 Å². The van der Waals surface area contributed by atoms with Gasteiger partial charge in [0.1, 0.15) is 0 Å². The third kappa shape index (κ3) is 6.40. The number of rotatable bonds is 6. The van der Waals surface area contributed by atoms with Crippen molar-refractivity contribution in [2.75, 3.05) is 7.11 Å². The lowest BCUT2D eigenvalue weighted by atomic mass is 9.91. The molecule has 2 atom stereocenters. The van der Waals surface area contributed by atoms with Crippen LogP contribution >= 0.6 is 22.6 Å². The van der Waals surface area contributed by atoms with Gasteiger partial charge in [-0.3, -0.25) is 4.79 Å². The summed E-state index contributed by atoms with van der Waals surface area (Å²) in [5, 5.41) is 0. The second-order valence-electron chi connectivity index (χ2n) is 3.62. The zero-order chi connectivity index (χ0) is 11.0. The van der Waals surface area contributed by atoms with Gasteiger partial charge in [0.2, 0.25) is 0 Å². The lowest BCUT2D eigenvalue weighted by molar-refractivity contribution is -0.140. The molecule has 0 heterocycles. The molecule has 0 amide bonds. The van der Waals surface area contributed by atoms with Gasteiger partial charge in [0, 0.05) is 6.42 Å². The molecule has 0 aromatic heterocycles. The van der Waals surface area contributed by atoms with Crippen LogP contribution in [-0.4, -0.2) is 13.1 Å². The molecule has 0 saturated carbocycles. The van der Waals surface area contributed by atoms with Gasteiger partial charge in [-0.05, 0) is 28.8 Å². The average molecular weight is 310 g/mol. The molecule has 0 saturated heterocycles. The van der Waals surface area contributed by atoms with Gasteiger partial charge < -0.3 is 4.74 Å². The summed E-state index contributed by atoms with van der Waals surface area (Å²) >= 11 is 2.24. The smallest absolute Gasteiger partial charge is 0.305 e. The Hall–Kier alpha value is -0.0600. The van der Waals surface area contributed by atoms with E-state index in [0.717, 1.165) is 12.8 Å². The number of methoxy groups -OCH3 is 1. The minimum absolute atomic E-state index is 0.103. The SMILES string of the molecule is COC(=O)CCC[C@H](C)[C@H](C)/C=C/I. The Morgan fingerprint density at radius 1 is 1.50 bits per heavy atom. The van der Waals surface area contributed by atoms with Crippen LogP contribution in [0.3, 0.4) is 0 Å². The fourth-order valence-electron chi connectivity index (χ4n) is 1.24. The number of carbonyl (C=O) groups excluding carboxylic acids is 1. The Labute approximate surface area is 100 Å². The first-order valence-electron chi connectivity index (χ1n) is 4.95. The van der Waals surface area contributed by atoms with E-state index in [9.17, 15) is 4.79 Å². The molecule has 0 aromatic rings. The number of esters is 1. The summed E-state index contributed by atoms with van der Waals surface area (Å²) in [6.45, 7) is 4.43. The summed E-state index contributed by atoms with van der Waals surface area (Å²) in [5.41, 5.74) is 0. The third-order valence-corrected chi connectivity index (χ3v) is 2.96. The highest BCUT2D eigenvalue weighted by atomic mass is 127. The first-order valence-corrected chi connectivity index (χ1v) is 6.20. The maximum absolute atomic E-state index is 10.9. The maximum atomic E-state index is 10.9. The summed E-state index contributed by atoms with van der Waals surface area (Å²) < 4.78 is 6.64. The highest BCUT2D eigenvalue weighted by Gasteiger charge is 2.09. The monoisotopic (exact) mass is 310 g/mol. The predicted molar refractivity (Wildman–Crippen MR) is 67.4 cm³/mol. The van der Waals surface area contributed by atoms with Crippen LogP contribution in [-0.2, 0) is 9.53 Å². The van der Waals surface area contributed by atoms with E-state index in [-0.39, 0.29) is 5.97 Å². The summed E-state index contributed by atoms with van der Waals surface area (Å²) in [5.74, 6) is 1.12. The number of hydrogen-bond donors (Lipinski definition) is 0. The Morgan fingerprint density at radius 2 is 2.14 bits per heavy atom. The molecule has 2 nitrogen and oxygen atoms in total. The molecular weight excluding hydrogens is 291 g/mol. The molecule has 0 spiro atoms. The van der Waals surface area contributed by atoms with Gasteiger partial charge in [0.15, 0.2) is 0 Å². The molecule has 3 heteroatoms. The molecule has 0 aliphatic carbocycles. The van der Waals surface area contributed by atoms with E-state index in [1.54, 1.807) is 0 Å². The van der Waals surface area contributed by atoms with Crippen molar-refractivity contribution in [3.8, 4) is 0 Å². The Kier molecular flexibility index (Phi) is 8.23. The average Bonchev–Trinajstić information content (AvgIpc) is 2.17. The van der Waals surface area contributed by atoms with Crippen LogP contribution in [0.25, 0.3) is 0 Å². The largest absolute Gasteiger partial charge is 0.469 e. The molecule has 0 N–H and O–H groups in total. The van der Waals surface area contributed by atoms with Gasteiger partial charge in [-0.15, -0.1) is 0 Å². The topological polar surface area (TPSA) is 26.3 Å². The number of ether oxygens (including phenoxy) is 1. The van der Waals surface area contributed by atoms with Crippen molar-refractivity contribution < 1.29 is 9.53 Å². The second kappa shape index (κ2) is 8.26. The Morgan fingerprint density at radius 3 is 2.64 bits per heavy atom. The minimum Gasteiger partial charge on any atom is -0.469 e. The standard InChI is InChI=1S/C11H19IO2/c1-9(10(2)7-8-12)5-4-6-11(13)14-3/h7-10H,4-6H2,1-3H3/b8-7+/t9-,10+/m0/s1.